The Kier molecular flexibility index (Phi) is 3.44. The summed E-state index contributed by atoms with van der Waals surface area (Å²) in [5.74, 6) is 0.878. The van der Waals surface area contributed by atoms with E-state index in [1.54, 1.807) is 0 Å². The van der Waals surface area contributed by atoms with E-state index in [1.165, 1.54) is 45.1 Å². The number of hydrogen-bond donors (Lipinski definition) is 1. The van der Waals surface area contributed by atoms with Crippen LogP contribution in [0.3, 0.4) is 0 Å². The van der Waals surface area contributed by atoms with Gasteiger partial charge in [0.05, 0.1) is 0 Å². The van der Waals surface area contributed by atoms with Crippen LogP contribution in [-0.2, 0) is 0 Å². The minimum absolute atomic E-state index is 0.700. The van der Waals surface area contributed by atoms with E-state index in [9.17, 15) is 0 Å². The van der Waals surface area contributed by atoms with Crippen molar-refractivity contribution in [2.24, 2.45) is 11.3 Å². The summed E-state index contributed by atoms with van der Waals surface area (Å²) in [4.78, 5) is 2.90. The largest absolute Gasteiger partial charge is 0.314 e. The summed E-state index contributed by atoms with van der Waals surface area (Å²) in [7, 11) is 0. The number of nitrogens with zero attached hydrogens (tertiary/aromatic N) is 1. The third kappa shape index (κ3) is 2.22. The molecule has 2 atom stereocenters. The summed E-state index contributed by atoms with van der Waals surface area (Å²) in [6.07, 6.45) is 8.69. The fraction of sp³-hybridized carbons (Fsp3) is 1.00. The molecule has 3 fully saturated rings. The number of nitrogens with one attached hydrogen (secondary N) is 1. The van der Waals surface area contributed by atoms with Gasteiger partial charge in [0.2, 0.25) is 0 Å². The number of rotatable bonds is 5. The molecule has 0 aromatic rings. The molecule has 104 valence electrons. The van der Waals surface area contributed by atoms with E-state index < -0.39 is 0 Å². The smallest absolute Gasteiger partial charge is 0.0114 e. The fourth-order valence-electron chi connectivity index (χ4n) is 4.43. The van der Waals surface area contributed by atoms with Crippen molar-refractivity contribution in [3.8, 4) is 0 Å². The Hall–Kier alpha value is -0.0800. The first-order chi connectivity index (χ1) is 8.64. The Labute approximate surface area is 113 Å². The van der Waals surface area contributed by atoms with E-state index in [4.69, 9.17) is 0 Å². The molecule has 3 aliphatic rings. The predicted octanol–water partition coefficient (Wildman–Crippen LogP) is 3.03. The van der Waals surface area contributed by atoms with Crippen molar-refractivity contribution in [1.29, 1.82) is 0 Å². The Morgan fingerprint density at radius 3 is 2.22 bits per heavy atom. The lowest BCUT2D eigenvalue weighted by atomic mass is 9.89. The minimum Gasteiger partial charge on any atom is -0.314 e. The van der Waals surface area contributed by atoms with Crippen LogP contribution in [0.5, 0.6) is 0 Å². The summed E-state index contributed by atoms with van der Waals surface area (Å²) in [5, 5.41) is 3.68. The first-order valence-corrected chi connectivity index (χ1v) is 8.14. The van der Waals surface area contributed by atoms with Gasteiger partial charge in [-0.25, -0.2) is 0 Å². The highest BCUT2D eigenvalue weighted by atomic mass is 15.2. The Balaban J connectivity index is 1.62. The van der Waals surface area contributed by atoms with E-state index >= 15 is 0 Å². The van der Waals surface area contributed by atoms with Crippen molar-refractivity contribution in [2.45, 2.75) is 77.4 Å². The molecule has 1 saturated carbocycles. The first-order valence-electron chi connectivity index (χ1n) is 8.14. The molecule has 0 amide bonds. The summed E-state index contributed by atoms with van der Waals surface area (Å²) < 4.78 is 0. The molecular formula is C16H30N2. The lowest BCUT2D eigenvalue weighted by molar-refractivity contribution is 0.0800. The van der Waals surface area contributed by atoms with Crippen LogP contribution in [0, 0.1) is 11.3 Å². The van der Waals surface area contributed by atoms with Crippen molar-refractivity contribution in [1.82, 2.24) is 10.2 Å². The van der Waals surface area contributed by atoms with E-state index in [-0.39, 0.29) is 0 Å². The monoisotopic (exact) mass is 250 g/mol. The number of hydrogen-bond acceptors (Lipinski definition) is 2. The molecule has 18 heavy (non-hydrogen) atoms. The van der Waals surface area contributed by atoms with E-state index in [0.29, 0.717) is 5.41 Å². The van der Waals surface area contributed by atoms with Crippen LogP contribution in [0.2, 0.25) is 0 Å². The SMILES string of the molecule is CCNC1CC2CCC(C1)N2CC1(C(C)C)CC1. The van der Waals surface area contributed by atoms with Crippen molar-refractivity contribution >= 4 is 0 Å². The van der Waals surface area contributed by atoms with Crippen LogP contribution in [-0.4, -0.2) is 36.1 Å². The van der Waals surface area contributed by atoms with Crippen molar-refractivity contribution < 1.29 is 0 Å². The van der Waals surface area contributed by atoms with Crippen molar-refractivity contribution in [3.05, 3.63) is 0 Å². The Morgan fingerprint density at radius 1 is 1.17 bits per heavy atom. The lowest BCUT2D eigenvalue weighted by Crippen LogP contribution is -2.51. The molecular weight excluding hydrogens is 220 g/mol. The second kappa shape index (κ2) is 4.79. The van der Waals surface area contributed by atoms with Gasteiger partial charge in [0.25, 0.3) is 0 Å². The van der Waals surface area contributed by atoms with Crippen molar-refractivity contribution in [2.75, 3.05) is 13.1 Å². The summed E-state index contributed by atoms with van der Waals surface area (Å²) in [6, 6.07) is 2.59. The molecule has 2 nitrogen and oxygen atoms in total. The summed E-state index contributed by atoms with van der Waals surface area (Å²) >= 11 is 0. The molecule has 0 spiro atoms. The third-order valence-corrected chi connectivity index (χ3v) is 5.99. The fourth-order valence-corrected chi connectivity index (χ4v) is 4.43. The second-order valence-corrected chi connectivity index (χ2v) is 7.30. The molecule has 2 bridgehead atoms. The van der Waals surface area contributed by atoms with Crippen LogP contribution in [0.1, 0.15) is 59.3 Å². The lowest BCUT2D eigenvalue weighted by Gasteiger charge is -2.42. The van der Waals surface area contributed by atoms with Crippen LogP contribution < -0.4 is 5.32 Å². The van der Waals surface area contributed by atoms with Gasteiger partial charge in [0.1, 0.15) is 0 Å². The molecule has 2 heteroatoms. The summed E-state index contributed by atoms with van der Waals surface area (Å²) in [5.41, 5.74) is 0.700. The highest BCUT2D eigenvalue weighted by molar-refractivity contribution is 5.04. The molecule has 0 aromatic heterocycles. The van der Waals surface area contributed by atoms with Gasteiger partial charge in [-0.05, 0) is 56.4 Å². The molecule has 2 aliphatic heterocycles. The highest BCUT2D eigenvalue weighted by Gasteiger charge is 2.50. The van der Waals surface area contributed by atoms with Crippen LogP contribution in [0.4, 0.5) is 0 Å². The molecule has 0 aromatic carbocycles. The molecule has 1 aliphatic carbocycles. The summed E-state index contributed by atoms with van der Waals surface area (Å²) in [6.45, 7) is 9.64. The maximum Gasteiger partial charge on any atom is 0.0114 e. The van der Waals surface area contributed by atoms with Gasteiger partial charge in [-0.2, -0.15) is 0 Å². The molecule has 1 N–H and O–H groups in total. The molecule has 2 heterocycles. The predicted molar refractivity (Wildman–Crippen MR) is 76.7 cm³/mol. The zero-order chi connectivity index (χ0) is 12.8. The average Bonchev–Trinajstić information content (AvgIpc) is 3.05. The maximum atomic E-state index is 3.68. The van der Waals surface area contributed by atoms with E-state index in [2.05, 4.69) is 31.0 Å². The topological polar surface area (TPSA) is 15.3 Å². The quantitative estimate of drug-likeness (QED) is 0.807. The second-order valence-electron chi connectivity index (χ2n) is 7.30. The normalized spacial score (nSPS) is 38.3. The molecule has 2 unspecified atom stereocenters. The Bertz CT molecular complexity index is 281. The molecule has 2 saturated heterocycles. The van der Waals surface area contributed by atoms with Gasteiger partial charge >= 0.3 is 0 Å². The Morgan fingerprint density at radius 2 is 1.78 bits per heavy atom. The van der Waals surface area contributed by atoms with Gasteiger partial charge in [-0.3, -0.25) is 4.90 Å². The standard InChI is InChI=1S/C16H30N2/c1-4-17-13-9-14-5-6-15(10-13)18(14)11-16(7-8-16)12(2)3/h12-15,17H,4-11H2,1-3H3. The van der Waals surface area contributed by atoms with Gasteiger partial charge in [-0.1, -0.05) is 20.8 Å². The van der Waals surface area contributed by atoms with Crippen LogP contribution >= 0.6 is 0 Å². The van der Waals surface area contributed by atoms with Crippen molar-refractivity contribution in [3.63, 3.8) is 0 Å². The highest BCUT2D eigenvalue weighted by Crippen LogP contribution is 2.54. The zero-order valence-electron chi connectivity index (χ0n) is 12.4. The van der Waals surface area contributed by atoms with Gasteiger partial charge in [0.15, 0.2) is 0 Å². The third-order valence-electron chi connectivity index (χ3n) is 5.99. The van der Waals surface area contributed by atoms with Gasteiger partial charge in [0, 0.05) is 24.7 Å². The number of piperidine rings is 1. The molecule has 3 rings (SSSR count). The van der Waals surface area contributed by atoms with Gasteiger partial charge < -0.3 is 5.32 Å². The van der Waals surface area contributed by atoms with E-state index in [0.717, 1.165) is 30.6 Å². The minimum atomic E-state index is 0.700. The zero-order valence-corrected chi connectivity index (χ0v) is 12.4. The first kappa shape index (κ1) is 12.9. The van der Waals surface area contributed by atoms with Crippen LogP contribution in [0.25, 0.3) is 0 Å². The molecule has 0 radical (unpaired) electrons. The van der Waals surface area contributed by atoms with E-state index in [1.807, 2.05) is 0 Å². The van der Waals surface area contributed by atoms with Crippen LogP contribution in [0.15, 0.2) is 0 Å². The average molecular weight is 250 g/mol. The number of fused-ring (bicyclic) bond motifs is 2. The van der Waals surface area contributed by atoms with Gasteiger partial charge in [-0.15, -0.1) is 0 Å². The maximum absolute atomic E-state index is 3.68.